The molecular formula is C13H13N3O2S. The molecule has 2 atom stereocenters. The Morgan fingerprint density at radius 3 is 2.79 bits per heavy atom. The van der Waals surface area contributed by atoms with Gasteiger partial charge in [0, 0.05) is 22.3 Å². The van der Waals surface area contributed by atoms with Gasteiger partial charge in [0.25, 0.3) is 5.91 Å². The Hall–Kier alpha value is -1.95. The van der Waals surface area contributed by atoms with Crippen LogP contribution in [0.15, 0.2) is 30.5 Å². The van der Waals surface area contributed by atoms with Crippen LogP contribution in [-0.4, -0.2) is 28.2 Å². The number of thiol groups is 1. The van der Waals surface area contributed by atoms with Crippen LogP contribution in [0.4, 0.5) is 4.79 Å². The van der Waals surface area contributed by atoms with Gasteiger partial charge in [0.2, 0.25) is 0 Å². The molecule has 2 heterocycles. The SMILES string of the molecule is O=C1NC(=O)C(C(S)Cc2c[nH]c3ccccc23)N1. The van der Waals surface area contributed by atoms with Gasteiger partial charge in [-0.1, -0.05) is 18.2 Å². The summed E-state index contributed by atoms with van der Waals surface area (Å²) in [6.07, 6.45) is 2.52. The second kappa shape index (κ2) is 4.62. The number of hydrogen-bond donors (Lipinski definition) is 4. The maximum absolute atomic E-state index is 11.6. The van der Waals surface area contributed by atoms with Crippen LogP contribution in [0.3, 0.4) is 0 Å². The Morgan fingerprint density at radius 1 is 1.26 bits per heavy atom. The molecule has 98 valence electrons. The van der Waals surface area contributed by atoms with E-state index in [0.29, 0.717) is 6.42 Å². The number of hydrogen-bond acceptors (Lipinski definition) is 3. The first-order valence-electron chi connectivity index (χ1n) is 5.99. The average molecular weight is 275 g/mol. The maximum atomic E-state index is 11.6. The van der Waals surface area contributed by atoms with Gasteiger partial charge in [0.15, 0.2) is 0 Å². The molecule has 0 radical (unpaired) electrons. The first kappa shape index (κ1) is 12.1. The summed E-state index contributed by atoms with van der Waals surface area (Å²) < 4.78 is 0. The summed E-state index contributed by atoms with van der Waals surface area (Å²) in [7, 11) is 0. The molecule has 3 rings (SSSR count). The second-order valence-corrected chi connectivity index (χ2v) is 5.23. The van der Waals surface area contributed by atoms with E-state index in [1.165, 1.54) is 0 Å². The number of carbonyl (C=O) groups excluding carboxylic acids is 2. The largest absolute Gasteiger partial charge is 0.361 e. The Bertz CT molecular complexity index is 652. The zero-order valence-corrected chi connectivity index (χ0v) is 10.9. The highest BCUT2D eigenvalue weighted by Crippen LogP contribution is 2.22. The second-order valence-electron chi connectivity index (χ2n) is 4.57. The molecule has 1 aromatic carbocycles. The van der Waals surface area contributed by atoms with Gasteiger partial charge in [-0.05, 0) is 18.1 Å². The predicted molar refractivity (Wildman–Crippen MR) is 75.2 cm³/mol. The monoisotopic (exact) mass is 275 g/mol. The van der Waals surface area contributed by atoms with Gasteiger partial charge in [0.1, 0.15) is 6.04 Å². The van der Waals surface area contributed by atoms with Crippen molar-refractivity contribution in [3.63, 3.8) is 0 Å². The zero-order chi connectivity index (χ0) is 13.4. The smallest absolute Gasteiger partial charge is 0.322 e. The van der Waals surface area contributed by atoms with Gasteiger partial charge in [0.05, 0.1) is 0 Å². The van der Waals surface area contributed by atoms with Crippen molar-refractivity contribution >= 4 is 35.5 Å². The lowest BCUT2D eigenvalue weighted by Gasteiger charge is -2.15. The number of para-hydroxylation sites is 1. The fourth-order valence-corrected chi connectivity index (χ4v) is 2.75. The molecule has 1 aliphatic rings. The van der Waals surface area contributed by atoms with Crippen molar-refractivity contribution in [3.05, 3.63) is 36.0 Å². The lowest BCUT2D eigenvalue weighted by atomic mass is 10.0. The highest BCUT2D eigenvalue weighted by molar-refractivity contribution is 7.81. The van der Waals surface area contributed by atoms with Crippen molar-refractivity contribution in [2.75, 3.05) is 0 Å². The van der Waals surface area contributed by atoms with Crippen LogP contribution in [0.1, 0.15) is 5.56 Å². The van der Waals surface area contributed by atoms with E-state index in [9.17, 15) is 9.59 Å². The standard InChI is InChI=1S/C13H13N3O2S/c17-12-11(15-13(18)16-12)10(19)5-7-6-14-9-4-2-1-3-8(7)9/h1-4,6,10-11,14,19H,5H2,(H2,15,16,17,18). The molecule has 3 N–H and O–H groups in total. The van der Waals surface area contributed by atoms with E-state index < -0.39 is 12.1 Å². The van der Waals surface area contributed by atoms with Crippen LogP contribution in [-0.2, 0) is 11.2 Å². The fourth-order valence-electron chi connectivity index (χ4n) is 2.35. The number of benzene rings is 1. The molecule has 2 aromatic rings. The maximum Gasteiger partial charge on any atom is 0.322 e. The average Bonchev–Trinajstić information content (AvgIpc) is 2.94. The number of H-pyrrole nitrogens is 1. The molecule has 1 aromatic heterocycles. The Morgan fingerprint density at radius 2 is 2.05 bits per heavy atom. The van der Waals surface area contributed by atoms with Crippen molar-refractivity contribution < 1.29 is 9.59 Å². The van der Waals surface area contributed by atoms with Gasteiger partial charge < -0.3 is 10.3 Å². The van der Waals surface area contributed by atoms with Gasteiger partial charge in [-0.25, -0.2) is 4.79 Å². The van der Waals surface area contributed by atoms with E-state index in [1.54, 1.807) is 0 Å². The fraction of sp³-hybridized carbons (Fsp3) is 0.231. The van der Waals surface area contributed by atoms with E-state index >= 15 is 0 Å². The van der Waals surface area contributed by atoms with Crippen molar-refractivity contribution in [3.8, 4) is 0 Å². The highest BCUT2D eigenvalue weighted by Gasteiger charge is 2.34. The van der Waals surface area contributed by atoms with Crippen molar-refractivity contribution in [2.45, 2.75) is 17.7 Å². The van der Waals surface area contributed by atoms with E-state index in [4.69, 9.17) is 0 Å². The molecular weight excluding hydrogens is 262 g/mol. The van der Waals surface area contributed by atoms with Crippen LogP contribution >= 0.6 is 12.6 Å². The normalized spacial score (nSPS) is 20.4. The Balaban J connectivity index is 1.81. The molecule has 1 saturated heterocycles. The minimum Gasteiger partial charge on any atom is -0.361 e. The number of nitrogens with one attached hydrogen (secondary N) is 3. The molecule has 0 saturated carbocycles. The van der Waals surface area contributed by atoms with Crippen LogP contribution in [0.5, 0.6) is 0 Å². The summed E-state index contributed by atoms with van der Waals surface area (Å²) in [6, 6.07) is 6.92. The summed E-state index contributed by atoms with van der Waals surface area (Å²) >= 11 is 4.45. The number of amides is 3. The number of rotatable bonds is 3. The zero-order valence-electron chi connectivity index (χ0n) is 10.0. The first-order valence-corrected chi connectivity index (χ1v) is 6.51. The molecule has 0 aliphatic carbocycles. The molecule has 1 aliphatic heterocycles. The number of carbonyl (C=O) groups is 2. The summed E-state index contributed by atoms with van der Waals surface area (Å²) in [5.74, 6) is -0.315. The molecule has 0 bridgehead atoms. The first-order chi connectivity index (χ1) is 9.15. The minimum absolute atomic E-state index is 0.259. The van der Waals surface area contributed by atoms with Gasteiger partial charge >= 0.3 is 6.03 Å². The quantitative estimate of drug-likeness (QED) is 0.502. The molecule has 2 unspecified atom stereocenters. The van der Waals surface area contributed by atoms with E-state index in [2.05, 4.69) is 28.2 Å². The van der Waals surface area contributed by atoms with Gasteiger partial charge in [-0.15, -0.1) is 0 Å². The van der Waals surface area contributed by atoms with E-state index in [0.717, 1.165) is 16.5 Å². The van der Waals surface area contributed by atoms with E-state index in [1.807, 2.05) is 30.5 Å². The van der Waals surface area contributed by atoms with Crippen LogP contribution < -0.4 is 10.6 Å². The topological polar surface area (TPSA) is 74.0 Å². The number of aromatic nitrogens is 1. The van der Waals surface area contributed by atoms with Crippen molar-refractivity contribution in [1.29, 1.82) is 0 Å². The molecule has 0 spiro atoms. The van der Waals surface area contributed by atoms with Gasteiger partial charge in [-0.3, -0.25) is 10.1 Å². The molecule has 6 heteroatoms. The third-order valence-corrected chi connectivity index (χ3v) is 3.78. The third-order valence-electron chi connectivity index (χ3n) is 3.29. The summed E-state index contributed by atoms with van der Waals surface area (Å²) in [4.78, 5) is 25.8. The van der Waals surface area contributed by atoms with Crippen molar-refractivity contribution in [2.24, 2.45) is 0 Å². The van der Waals surface area contributed by atoms with E-state index in [-0.39, 0.29) is 11.2 Å². The lowest BCUT2D eigenvalue weighted by molar-refractivity contribution is -0.120. The number of fused-ring (bicyclic) bond motifs is 1. The van der Waals surface area contributed by atoms with Crippen LogP contribution in [0, 0.1) is 0 Å². The van der Waals surface area contributed by atoms with Crippen LogP contribution in [0.2, 0.25) is 0 Å². The van der Waals surface area contributed by atoms with Crippen molar-refractivity contribution in [1.82, 2.24) is 15.6 Å². The molecule has 1 fully saturated rings. The highest BCUT2D eigenvalue weighted by atomic mass is 32.1. The molecule has 5 nitrogen and oxygen atoms in total. The molecule has 19 heavy (non-hydrogen) atoms. The Kier molecular flexibility index (Phi) is 2.94. The lowest BCUT2D eigenvalue weighted by Crippen LogP contribution is -2.38. The third kappa shape index (κ3) is 2.19. The molecule has 3 amide bonds. The number of imide groups is 1. The van der Waals surface area contributed by atoms with Gasteiger partial charge in [-0.2, -0.15) is 12.6 Å². The number of aromatic amines is 1. The summed E-state index contributed by atoms with van der Waals surface area (Å²) in [6.45, 7) is 0. The number of urea groups is 1. The predicted octanol–water partition coefficient (Wildman–Crippen LogP) is 1.22. The minimum atomic E-state index is -0.579. The van der Waals surface area contributed by atoms with Crippen LogP contribution in [0.25, 0.3) is 10.9 Å². The summed E-state index contributed by atoms with van der Waals surface area (Å²) in [5.41, 5.74) is 2.14. The summed E-state index contributed by atoms with van der Waals surface area (Å²) in [5, 5.41) is 5.65. The Labute approximate surface area is 115 Å².